The molecule has 2 nitrogen and oxygen atoms in total. The number of halogens is 2. The van der Waals surface area contributed by atoms with Gasteiger partial charge in [0.05, 0.1) is 10.5 Å². The summed E-state index contributed by atoms with van der Waals surface area (Å²) in [5.41, 5.74) is 1.96. The van der Waals surface area contributed by atoms with Crippen molar-refractivity contribution in [2.75, 3.05) is 0 Å². The van der Waals surface area contributed by atoms with Crippen LogP contribution in [0.3, 0.4) is 0 Å². The van der Waals surface area contributed by atoms with Crippen molar-refractivity contribution in [1.82, 2.24) is 10.2 Å². The van der Waals surface area contributed by atoms with Crippen LogP contribution in [-0.2, 0) is 0 Å². The van der Waals surface area contributed by atoms with Gasteiger partial charge >= 0.3 is 0 Å². The average molecular weight is 246 g/mol. The molecular weight excluding hydrogens is 239 g/mol. The third-order valence-corrected chi connectivity index (χ3v) is 3.16. The Morgan fingerprint density at radius 1 is 1.50 bits per heavy atom. The van der Waals surface area contributed by atoms with Gasteiger partial charge in [-0.05, 0) is 35.0 Å². The van der Waals surface area contributed by atoms with E-state index in [9.17, 15) is 0 Å². The highest BCUT2D eigenvalue weighted by atomic mass is 79.9. The number of fused-ring (bicyclic) bond motifs is 1. The maximum atomic E-state index is 5.93. The summed E-state index contributed by atoms with van der Waals surface area (Å²) in [5, 5.41) is 8.79. The molecule has 0 saturated carbocycles. The van der Waals surface area contributed by atoms with E-state index in [2.05, 4.69) is 26.1 Å². The van der Waals surface area contributed by atoms with E-state index in [1.54, 1.807) is 0 Å². The zero-order valence-corrected chi connectivity index (χ0v) is 8.70. The fraction of sp³-hybridized carbons (Fsp3) is 0.125. The van der Waals surface area contributed by atoms with Crippen LogP contribution < -0.4 is 0 Å². The van der Waals surface area contributed by atoms with Crippen LogP contribution in [0, 0.1) is 6.92 Å². The highest BCUT2D eigenvalue weighted by Gasteiger charge is 2.07. The van der Waals surface area contributed by atoms with Gasteiger partial charge in [0, 0.05) is 15.6 Å². The molecule has 0 aliphatic heterocycles. The Morgan fingerprint density at radius 2 is 2.25 bits per heavy atom. The van der Waals surface area contributed by atoms with Crippen LogP contribution >= 0.6 is 27.5 Å². The molecule has 0 aliphatic rings. The van der Waals surface area contributed by atoms with Gasteiger partial charge in [0.1, 0.15) is 0 Å². The Bertz CT molecular complexity index is 436. The summed E-state index contributed by atoms with van der Waals surface area (Å²) in [5.74, 6) is 0. The lowest BCUT2D eigenvalue weighted by Gasteiger charge is -1.96. The Balaban J connectivity index is 2.96. The van der Waals surface area contributed by atoms with Crippen molar-refractivity contribution in [3.63, 3.8) is 0 Å². The van der Waals surface area contributed by atoms with E-state index in [0.29, 0.717) is 5.02 Å². The minimum atomic E-state index is 0.715. The van der Waals surface area contributed by atoms with Crippen molar-refractivity contribution in [2.24, 2.45) is 0 Å². The first-order valence-electron chi connectivity index (χ1n) is 3.49. The number of nitrogens with one attached hydrogen (secondary N) is 1. The summed E-state index contributed by atoms with van der Waals surface area (Å²) in [6, 6.07) is 3.72. The van der Waals surface area contributed by atoms with Gasteiger partial charge in [-0.25, -0.2) is 0 Å². The molecule has 0 bridgehead atoms. The van der Waals surface area contributed by atoms with E-state index in [4.69, 9.17) is 11.6 Å². The van der Waals surface area contributed by atoms with Gasteiger partial charge in [-0.3, -0.25) is 5.10 Å². The highest BCUT2D eigenvalue weighted by molar-refractivity contribution is 9.10. The molecule has 0 fully saturated rings. The smallest absolute Gasteiger partial charge is 0.0936 e. The summed E-state index contributed by atoms with van der Waals surface area (Å²) in [4.78, 5) is 0. The Morgan fingerprint density at radius 3 is 3.00 bits per heavy atom. The molecule has 2 rings (SSSR count). The zero-order valence-electron chi connectivity index (χ0n) is 6.36. The third-order valence-electron chi connectivity index (χ3n) is 1.79. The predicted molar refractivity (Wildman–Crippen MR) is 53.5 cm³/mol. The molecule has 0 aliphatic carbocycles. The van der Waals surface area contributed by atoms with Crippen LogP contribution in [-0.4, -0.2) is 10.2 Å². The predicted octanol–water partition coefficient (Wildman–Crippen LogP) is 3.29. The van der Waals surface area contributed by atoms with Gasteiger partial charge in [-0.1, -0.05) is 11.6 Å². The molecular formula is C8H6BrClN2. The first kappa shape index (κ1) is 8.08. The van der Waals surface area contributed by atoms with Crippen molar-refractivity contribution < 1.29 is 0 Å². The lowest BCUT2D eigenvalue weighted by molar-refractivity contribution is 1.07. The molecule has 1 heterocycles. The van der Waals surface area contributed by atoms with Crippen molar-refractivity contribution in [3.05, 3.63) is 27.3 Å². The summed E-state index contributed by atoms with van der Waals surface area (Å²) in [6.45, 7) is 1.97. The maximum absolute atomic E-state index is 5.93. The van der Waals surface area contributed by atoms with Gasteiger partial charge < -0.3 is 0 Å². The number of hydrogen-bond donors (Lipinski definition) is 1. The van der Waals surface area contributed by atoms with Crippen LogP contribution in [0.2, 0.25) is 5.02 Å². The molecule has 4 heteroatoms. The first-order valence-corrected chi connectivity index (χ1v) is 4.66. The number of aromatic amines is 1. The maximum Gasteiger partial charge on any atom is 0.0936 e. The molecule has 0 radical (unpaired) electrons. The lowest BCUT2D eigenvalue weighted by atomic mass is 10.2. The van der Waals surface area contributed by atoms with E-state index >= 15 is 0 Å². The fourth-order valence-electron chi connectivity index (χ4n) is 1.19. The number of aromatic nitrogens is 2. The van der Waals surface area contributed by atoms with Crippen molar-refractivity contribution >= 4 is 38.4 Å². The molecule has 0 atom stereocenters. The second kappa shape index (κ2) is 2.75. The van der Waals surface area contributed by atoms with Crippen molar-refractivity contribution in [1.29, 1.82) is 0 Å². The SMILES string of the molecule is Cc1[nH]nc2ccc(Cl)c(Br)c12. The number of hydrogen-bond acceptors (Lipinski definition) is 1. The van der Waals surface area contributed by atoms with E-state index in [-0.39, 0.29) is 0 Å². The lowest BCUT2D eigenvalue weighted by Crippen LogP contribution is -1.74. The number of aryl methyl sites for hydroxylation is 1. The van der Waals surface area contributed by atoms with Crippen LogP contribution in [0.5, 0.6) is 0 Å². The van der Waals surface area contributed by atoms with Crippen molar-refractivity contribution in [3.8, 4) is 0 Å². The van der Waals surface area contributed by atoms with Crippen LogP contribution in [0.25, 0.3) is 10.9 Å². The molecule has 1 aromatic heterocycles. The molecule has 1 aromatic carbocycles. The topological polar surface area (TPSA) is 28.7 Å². The van der Waals surface area contributed by atoms with Gasteiger partial charge in [0.2, 0.25) is 0 Å². The average Bonchev–Trinajstić information content (AvgIpc) is 2.41. The zero-order chi connectivity index (χ0) is 8.72. The summed E-state index contributed by atoms with van der Waals surface area (Å²) in [7, 11) is 0. The Kier molecular flexibility index (Phi) is 1.85. The van der Waals surface area contributed by atoms with E-state index in [0.717, 1.165) is 21.1 Å². The first-order chi connectivity index (χ1) is 5.70. The molecule has 12 heavy (non-hydrogen) atoms. The summed E-state index contributed by atoms with van der Waals surface area (Å²) >= 11 is 9.35. The second-order valence-corrected chi connectivity index (χ2v) is 3.80. The molecule has 0 amide bonds. The van der Waals surface area contributed by atoms with Gasteiger partial charge in [-0.15, -0.1) is 0 Å². The monoisotopic (exact) mass is 244 g/mol. The quantitative estimate of drug-likeness (QED) is 0.758. The minimum Gasteiger partial charge on any atom is -0.282 e. The van der Waals surface area contributed by atoms with Gasteiger partial charge in [0.15, 0.2) is 0 Å². The summed E-state index contributed by atoms with van der Waals surface area (Å²) in [6.07, 6.45) is 0. The van der Waals surface area contributed by atoms with Crippen LogP contribution in [0.4, 0.5) is 0 Å². The molecule has 1 N–H and O–H groups in total. The molecule has 62 valence electrons. The number of benzene rings is 1. The van der Waals surface area contributed by atoms with Crippen LogP contribution in [0.1, 0.15) is 5.69 Å². The number of rotatable bonds is 0. The molecule has 2 aromatic rings. The molecule has 0 unspecified atom stereocenters. The Labute approximate surface area is 83.0 Å². The number of nitrogens with zero attached hydrogens (tertiary/aromatic N) is 1. The fourth-order valence-corrected chi connectivity index (χ4v) is 1.98. The normalized spacial score (nSPS) is 10.9. The highest BCUT2D eigenvalue weighted by Crippen LogP contribution is 2.31. The van der Waals surface area contributed by atoms with Gasteiger partial charge in [-0.2, -0.15) is 5.10 Å². The molecule has 0 spiro atoms. The standard InChI is InChI=1S/C8H6BrClN2/c1-4-7-6(12-11-4)3-2-5(10)8(7)9/h2-3H,1H3,(H,11,12). The van der Waals surface area contributed by atoms with Gasteiger partial charge in [0.25, 0.3) is 0 Å². The molecule has 0 saturated heterocycles. The van der Waals surface area contributed by atoms with E-state index in [1.165, 1.54) is 0 Å². The van der Waals surface area contributed by atoms with Crippen LogP contribution in [0.15, 0.2) is 16.6 Å². The largest absolute Gasteiger partial charge is 0.282 e. The van der Waals surface area contributed by atoms with E-state index in [1.807, 2.05) is 19.1 Å². The summed E-state index contributed by atoms with van der Waals surface area (Å²) < 4.78 is 0.910. The second-order valence-electron chi connectivity index (χ2n) is 2.60. The Hall–Kier alpha value is -0.540. The minimum absolute atomic E-state index is 0.715. The van der Waals surface area contributed by atoms with E-state index < -0.39 is 0 Å². The number of H-pyrrole nitrogens is 1. The van der Waals surface area contributed by atoms with Crippen molar-refractivity contribution in [2.45, 2.75) is 6.92 Å². The third kappa shape index (κ3) is 1.04.